The molecule has 0 heterocycles. The standard InChI is InChI=1S/C9H17O/c1-8(2)10-9-6-4-3-5-7-9/h6,8-9H,3-5,7H2,1-2H3. The topological polar surface area (TPSA) is 9.23 Å². The fourth-order valence-electron chi connectivity index (χ4n) is 1.38. The summed E-state index contributed by atoms with van der Waals surface area (Å²) in [6, 6.07) is 0. The Hall–Kier alpha value is -0.0400. The molecule has 1 aliphatic rings. The first-order valence-electron chi connectivity index (χ1n) is 4.28. The van der Waals surface area contributed by atoms with Gasteiger partial charge >= 0.3 is 0 Å². The van der Waals surface area contributed by atoms with E-state index in [0.717, 1.165) is 0 Å². The van der Waals surface area contributed by atoms with Crippen molar-refractivity contribution in [2.45, 2.75) is 51.7 Å². The molecule has 1 nitrogen and oxygen atoms in total. The minimum absolute atomic E-state index is 0.388. The van der Waals surface area contributed by atoms with Gasteiger partial charge in [-0.1, -0.05) is 12.8 Å². The molecule has 0 amide bonds. The van der Waals surface area contributed by atoms with Crippen LogP contribution in [0.25, 0.3) is 0 Å². The van der Waals surface area contributed by atoms with Crippen LogP contribution in [0, 0.1) is 6.42 Å². The molecule has 1 aliphatic carbocycles. The molecule has 1 unspecified atom stereocenters. The van der Waals surface area contributed by atoms with Crippen LogP contribution < -0.4 is 0 Å². The lowest BCUT2D eigenvalue weighted by molar-refractivity contribution is 0.0132. The van der Waals surface area contributed by atoms with Gasteiger partial charge in [0.05, 0.1) is 12.2 Å². The predicted octanol–water partition coefficient (Wildman–Crippen LogP) is 2.56. The number of hydrogen-bond acceptors (Lipinski definition) is 1. The second-order valence-corrected chi connectivity index (χ2v) is 3.24. The molecule has 1 saturated carbocycles. The Morgan fingerprint density at radius 2 is 2.20 bits per heavy atom. The van der Waals surface area contributed by atoms with Gasteiger partial charge in [0.25, 0.3) is 0 Å². The summed E-state index contributed by atoms with van der Waals surface area (Å²) in [4.78, 5) is 0. The molecule has 0 aromatic carbocycles. The van der Waals surface area contributed by atoms with Gasteiger partial charge in [0.1, 0.15) is 0 Å². The summed E-state index contributed by atoms with van der Waals surface area (Å²) in [6.45, 7) is 4.20. The van der Waals surface area contributed by atoms with Gasteiger partial charge in [-0.05, 0) is 33.1 Å². The van der Waals surface area contributed by atoms with Crippen molar-refractivity contribution >= 4 is 0 Å². The summed E-state index contributed by atoms with van der Waals surface area (Å²) < 4.78 is 5.64. The number of rotatable bonds is 2. The van der Waals surface area contributed by atoms with Gasteiger partial charge in [0.15, 0.2) is 0 Å². The minimum atomic E-state index is 0.388. The molecule has 1 heteroatoms. The molecule has 0 saturated heterocycles. The normalized spacial score (nSPS) is 21.9. The summed E-state index contributed by atoms with van der Waals surface area (Å²) >= 11 is 0. The zero-order chi connectivity index (χ0) is 7.40. The fourth-order valence-corrected chi connectivity index (χ4v) is 1.38. The molecular formula is C9H17O. The smallest absolute Gasteiger partial charge is 0.0610 e. The third-order valence-electron chi connectivity index (χ3n) is 1.82. The van der Waals surface area contributed by atoms with Crippen LogP contribution in [-0.4, -0.2) is 12.2 Å². The van der Waals surface area contributed by atoms with E-state index >= 15 is 0 Å². The van der Waals surface area contributed by atoms with Gasteiger partial charge < -0.3 is 4.74 Å². The van der Waals surface area contributed by atoms with Gasteiger partial charge in [-0.15, -0.1) is 0 Å². The van der Waals surface area contributed by atoms with E-state index in [1.54, 1.807) is 0 Å². The lowest BCUT2D eigenvalue weighted by atomic mass is 9.98. The van der Waals surface area contributed by atoms with Gasteiger partial charge in [0.2, 0.25) is 0 Å². The lowest BCUT2D eigenvalue weighted by Gasteiger charge is -2.23. The fraction of sp³-hybridized carbons (Fsp3) is 0.889. The minimum Gasteiger partial charge on any atom is -0.375 e. The first kappa shape index (κ1) is 8.06. The molecule has 1 radical (unpaired) electrons. The first-order valence-corrected chi connectivity index (χ1v) is 4.28. The van der Waals surface area contributed by atoms with Crippen LogP contribution in [0.4, 0.5) is 0 Å². The van der Waals surface area contributed by atoms with Crippen LogP contribution >= 0.6 is 0 Å². The zero-order valence-electron chi connectivity index (χ0n) is 6.97. The van der Waals surface area contributed by atoms with Crippen molar-refractivity contribution in [2.75, 3.05) is 0 Å². The summed E-state index contributed by atoms with van der Waals surface area (Å²) in [6.07, 6.45) is 8.33. The Labute approximate surface area is 63.8 Å². The monoisotopic (exact) mass is 141 g/mol. The van der Waals surface area contributed by atoms with E-state index < -0.39 is 0 Å². The van der Waals surface area contributed by atoms with Crippen molar-refractivity contribution in [2.24, 2.45) is 0 Å². The molecule has 1 rings (SSSR count). The highest BCUT2D eigenvalue weighted by molar-refractivity contribution is 4.82. The van der Waals surface area contributed by atoms with Crippen LogP contribution in [0.5, 0.6) is 0 Å². The van der Waals surface area contributed by atoms with Crippen LogP contribution in [-0.2, 0) is 4.74 Å². The molecule has 59 valence electrons. The van der Waals surface area contributed by atoms with Crippen LogP contribution in [0.1, 0.15) is 39.5 Å². The van der Waals surface area contributed by atoms with Gasteiger partial charge in [0, 0.05) is 0 Å². The SMILES string of the molecule is CC(C)OC1[CH]CCCC1. The third kappa shape index (κ3) is 2.70. The van der Waals surface area contributed by atoms with Crippen molar-refractivity contribution in [1.82, 2.24) is 0 Å². The van der Waals surface area contributed by atoms with Crippen LogP contribution in [0.3, 0.4) is 0 Å². The molecule has 0 aromatic rings. The third-order valence-corrected chi connectivity index (χ3v) is 1.82. The highest BCUT2D eigenvalue weighted by Crippen LogP contribution is 2.20. The van der Waals surface area contributed by atoms with Crippen molar-refractivity contribution in [1.29, 1.82) is 0 Å². The summed E-state index contributed by atoms with van der Waals surface area (Å²) in [5, 5.41) is 0. The van der Waals surface area contributed by atoms with E-state index in [0.29, 0.717) is 12.2 Å². The van der Waals surface area contributed by atoms with E-state index in [1.165, 1.54) is 25.7 Å². The Bertz CT molecular complexity index is 82.7. The Balaban J connectivity index is 2.13. The molecule has 1 fully saturated rings. The first-order chi connectivity index (χ1) is 4.79. The highest BCUT2D eigenvalue weighted by atomic mass is 16.5. The molecule has 0 spiro atoms. The number of hydrogen-bond donors (Lipinski definition) is 0. The molecule has 0 bridgehead atoms. The largest absolute Gasteiger partial charge is 0.375 e. The Morgan fingerprint density at radius 1 is 1.40 bits per heavy atom. The molecule has 10 heavy (non-hydrogen) atoms. The summed E-state index contributed by atoms with van der Waals surface area (Å²) in [7, 11) is 0. The van der Waals surface area contributed by atoms with Crippen molar-refractivity contribution in [3.63, 3.8) is 0 Å². The van der Waals surface area contributed by atoms with E-state index in [2.05, 4.69) is 20.3 Å². The van der Waals surface area contributed by atoms with Gasteiger partial charge in [-0.2, -0.15) is 0 Å². The van der Waals surface area contributed by atoms with Gasteiger partial charge in [-0.3, -0.25) is 0 Å². The van der Waals surface area contributed by atoms with Crippen LogP contribution in [0.2, 0.25) is 0 Å². The molecule has 0 N–H and O–H groups in total. The lowest BCUT2D eigenvalue weighted by Crippen LogP contribution is -2.20. The Kier molecular flexibility index (Phi) is 3.20. The summed E-state index contributed by atoms with van der Waals surface area (Å²) in [5.41, 5.74) is 0. The quantitative estimate of drug-likeness (QED) is 0.574. The maximum Gasteiger partial charge on any atom is 0.0610 e. The maximum atomic E-state index is 5.64. The van der Waals surface area contributed by atoms with Crippen molar-refractivity contribution < 1.29 is 4.74 Å². The van der Waals surface area contributed by atoms with Crippen molar-refractivity contribution in [3.8, 4) is 0 Å². The number of ether oxygens (including phenoxy) is 1. The van der Waals surface area contributed by atoms with E-state index in [1.807, 2.05) is 0 Å². The molecule has 1 atom stereocenters. The van der Waals surface area contributed by atoms with E-state index in [9.17, 15) is 0 Å². The average Bonchev–Trinajstić information content (AvgIpc) is 1.88. The average molecular weight is 141 g/mol. The second kappa shape index (κ2) is 3.97. The maximum absolute atomic E-state index is 5.64. The van der Waals surface area contributed by atoms with Gasteiger partial charge in [-0.25, -0.2) is 0 Å². The molecule has 0 aliphatic heterocycles. The van der Waals surface area contributed by atoms with E-state index in [4.69, 9.17) is 4.74 Å². The molecule has 0 aromatic heterocycles. The molecular weight excluding hydrogens is 124 g/mol. The van der Waals surface area contributed by atoms with Crippen molar-refractivity contribution in [3.05, 3.63) is 6.42 Å². The van der Waals surface area contributed by atoms with E-state index in [-0.39, 0.29) is 0 Å². The highest BCUT2D eigenvalue weighted by Gasteiger charge is 2.14. The predicted molar refractivity (Wildman–Crippen MR) is 42.8 cm³/mol. The zero-order valence-corrected chi connectivity index (χ0v) is 6.97. The second-order valence-electron chi connectivity index (χ2n) is 3.24. The Morgan fingerprint density at radius 3 is 2.70 bits per heavy atom. The van der Waals surface area contributed by atoms with Crippen LogP contribution in [0.15, 0.2) is 0 Å². The summed E-state index contributed by atoms with van der Waals surface area (Å²) in [5.74, 6) is 0.